The van der Waals surface area contributed by atoms with Crippen molar-refractivity contribution < 1.29 is 9.21 Å². The monoisotopic (exact) mass is 243 g/mol. The first-order valence-corrected chi connectivity index (χ1v) is 7.13. The molecular weight excluding hydrogens is 230 g/mol. The molecule has 0 spiro atoms. The Kier molecular flexibility index (Phi) is 4.02. The summed E-state index contributed by atoms with van der Waals surface area (Å²) in [6.07, 6.45) is 1.69. The van der Waals surface area contributed by atoms with Gasteiger partial charge in [0.05, 0.1) is 23.6 Å². The topological polar surface area (TPSA) is 33.5 Å². The minimum Gasteiger partial charge on any atom is -0.468 e. The van der Waals surface area contributed by atoms with E-state index in [9.17, 15) is 4.79 Å². The predicted molar refractivity (Wildman–Crippen MR) is 63.9 cm³/mol. The quantitative estimate of drug-likeness (QED) is 0.741. The Morgan fingerprint density at radius 3 is 3.20 bits per heavy atom. The third kappa shape index (κ3) is 3.21. The third-order valence-electron chi connectivity index (χ3n) is 2.16. The standard InChI is InChI=1S/C10H13NO2S2/c12-10-7-15-8-11(10)3-5-14-6-9-2-1-4-13-9/h1-2,4H,3,5-8H2. The van der Waals surface area contributed by atoms with Crippen LogP contribution >= 0.6 is 23.5 Å². The molecule has 0 radical (unpaired) electrons. The van der Waals surface area contributed by atoms with Crippen LogP contribution in [0.2, 0.25) is 0 Å². The van der Waals surface area contributed by atoms with Gasteiger partial charge in [-0.05, 0) is 12.1 Å². The molecular formula is C10H13NO2S2. The molecule has 0 atom stereocenters. The molecule has 1 amide bonds. The van der Waals surface area contributed by atoms with Crippen LogP contribution in [0.5, 0.6) is 0 Å². The van der Waals surface area contributed by atoms with Gasteiger partial charge in [0.2, 0.25) is 5.91 Å². The van der Waals surface area contributed by atoms with E-state index in [1.165, 1.54) is 0 Å². The highest BCUT2D eigenvalue weighted by atomic mass is 32.2. The number of thioether (sulfide) groups is 2. The zero-order valence-corrected chi connectivity index (χ0v) is 9.98. The maximum Gasteiger partial charge on any atom is 0.233 e. The summed E-state index contributed by atoms with van der Waals surface area (Å²) in [6.45, 7) is 0.858. The van der Waals surface area contributed by atoms with E-state index in [0.29, 0.717) is 5.75 Å². The van der Waals surface area contributed by atoms with Crippen molar-refractivity contribution in [2.24, 2.45) is 0 Å². The summed E-state index contributed by atoms with van der Waals surface area (Å²) in [4.78, 5) is 13.2. The molecule has 0 saturated carbocycles. The summed E-state index contributed by atoms with van der Waals surface area (Å²) < 4.78 is 5.22. The molecule has 3 nitrogen and oxygen atoms in total. The maximum atomic E-state index is 11.3. The highest BCUT2D eigenvalue weighted by Gasteiger charge is 2.19. The van der Waals surface area contributed by atoms with Gasteiger partial charge in [-0.2, -0.15) is 11.8 Å². The van der Waals surface area contributed by atoms with Gasteiger partial charge in [0.25, 0.3) is 0 Å². The minimum absolute atomic E-state index is 0.276. The van der Waals surface area contributed by atoms with Crippen LogP contribution in [-0.4, -0.2) is 34.7 Å². The van der Waals surface area contributed by atoms with E-state index in [2.05, 4.69) is 0 Å². The number of rotatable bonds is 5. The summed E-state index contributed by atoms with van der Waals surface area (Å²) in [5, 5.41) is 0. The second kappa shape index (κ2) is 5.51. The van der Waals surface area contributed by atoms with Crippen LogP contribution in [0.25, 0.3) is 0 Å². The lowest BCUT2D eigenvalue weighted by Crippen LogP contribution is -2.27. The van der Waals surface area contributed by atoms with Gasteiger partial charge >= 0.3 is 0 Å². The SMILES string of the molecule is O=C1CSCN1CCSCc1ccco1. The number of carbonyl (C=O) groups excluding carboxylic acids is 1. The molecule has 1 saturated heterocycles. The Hall–Kier alpha value is -0.550. The van der Waals surface area contributed by atoms with Gasteiger partial charge in [0.1, 0.15) is 5.76 Å². The molecule has 1 aromatic heterocycles. The molecule has 0 unspecified atom stereocenters. The maximum absolute atomic E-state index is 11.3. The van der Waals surface area contributed by atoms with Crippen molar-refractivity contribution in [3.63, 3.8) is 0 Å². The zero-order valence-electron chi connectivity index (χ0n) is 8.35. The number of nitrogens with zero attached hydrogens (tertiary/aromatic N) is 1. The highest BCUT2D eigenvalue weighted by molar-refractivity contribution is 8.00. The van der Waals surface area contributed by atoms with Gasteiger partial charge in [-0.3, -0.25) is 4.79 Å². The lowest BCUT2D eigenvalue weighted by molar-refractivity contribution is -0.126. The van der Waals surface area contributed by atoms with E-state index in [1.807, 2.05) is 17.0 Å². The molecule has 2 heterocycles. The average Bonchev–Trinajstić information content (AvgIpc) is 2.85. The van der Waals surface area contributed by atoms with E-state index in [0.717, 1.165) is 29.7 Å². The Bertz CT molecular complexity index is 313. The second-order valence-electron chi connectivity index (χ2n) is 3.27. The predicted octanol–water partition coefficient (Wildman–Crippen LogP) is 2.05. The van der Waals surface area contributed by atoms with Gasteiger partial charge < -0.3 is 9.32 Å². The van der Waals surface area contributed by atoms with Crippen molar-refractivity contribution in [1.29, 1.82) is 0 Å². The average molecular weight is 243 g/mol. The van der Waals surface area contributed by atoms with Crippen molar-refractivity contribution in [2.75, 3.05) is 23.9 Å². The van der Waals surface area contributed by atoms with Crippen molar-refractivity contribution in [3.05, 3.63) is 24.2 Å². The summed E-state index contributed by atoms with van der Waals surface area (Å²) in [7, 11) is 0. The van der Waals surface area contributed by atoms with Crippen LogP contribution < -0.4 is 0 Å². The first-order chi connectivity index (χ1) is 7.36. The molecule has 2 rings (SSSR count). The first kappa shape index (κ1) is 11.0. The van der Waals surface area contributed by atoms with Crippen LogP contribution in [0.3, 0.4) is 0 Å². The van der Waals surface area contributed by atoms with Crippen molar-refractivity contribution >= 4 is 29.4 Å². The van der Waals surface area contributed by atoms with Crippen molar-refractivity contribution in [2.45, 2.75) is 5.75 Å². The van der Waals surface area contributed by atoms with Crippen LogP contribution in [0.1, 0.15) is 5.76 Å². The van der Waals surface area contributed by atoms with Gasteiger partial charge in [-0.1, -0.05) is 0 Å². The van der Waals surface area contributed by atoms with Crippen LogP contribution in [0.4, 0.5) is 0 Å². The van der Waals surface area contributed by atoms with Crippen molar-refractivity contribution in [1.82, 2.24) is 4.90 Å². The van der Waals surface area contributed by atoms with E-state index in [4.69, 9.17) is 4.42 Å². The molecule has 15 heavy (non-hydrogen) atoms. The fourth-order valence-electron chi connectivity index (χ4n) is 1.34. The molecule has 0 bridgehead atoms. The molecule has 0 aromatic carbocycles. The van der Waals surface area contributed by atoms with Crippen LogP contribution in [0.15, 0.2) is 22.8 Å². The molecule has 1 aliphatic heterocycles. The van der Waals surface area contributed by atoms with Crippen molar-refractivity contribution in [3.8, 4) is 0 Å². The third-order valence-corrected chi connectivity index (χ3v) is 4.06. The van der Waals surface area contributed by atoms with Gasteiger partial charge in [0.15, 0.2) is 0 Å². The minimum atomic E-state index is 0.276. The Morgan fingerprint density at radius 1 is 1.60 bits per heavy atom. The lowest BCUT2D eigenvalue weighted by atomic mass is 10.5. The van der Waals surface area contributed by atoms with E-state index in [1.54, 1.807) is 29.8 Å². The second-order valence-corrected chi connectivity index (χ2v) is 5.33. The van der Waals surface area contributed by atoms with Gasteiger partial charge in [-0.15, -0.1) is 11.8 Å². The van der Waals surface area contributed by atoms with Gasteiger partial charge in [-0.25, -0.2) is 0 Å². The molecule has 82 valence electrons. The summed E-state index contributed by atoms with van der Waals surface area (Å²) in [5.41, 5.74) is 0. The number of furan rings is 1. The highest BCUT2D eigenvalue weighted by Crippen LogP contribution is 2.17. The fourth-order valence-corrected chi connectivity index (χ4v) is 3.14. The molecule has 1 fully saturated rings. The summed E-state index contributed by atoms with van der Waals surface area (Å²) in [5.74, 6) is 4.67. The zero-order chi connectivity index (χ0) is 10.5. The van der Waals surface area contributed by atoms with E-state index >= 15 is 0 Å². The first-order valence-electron chi connectivity index (χ1n) is 4.82. The summed E-state index contributed by atoms with van der Waals surface area (Å²) in [6, 6.07) is 3.88. The van der Waals surface area contributed by atoms with Gasteiger partial charge in [0, 0.05) is 12.3 Å². The molecule has 1 aromatic rings. The fraction of sp³-hybridized carbons (Fsp3) is 0.500. The molecule has 0 aliphatic carbocycles. The smallest absolute Gasteiger partial charge is 0.233 e. The van der Waals surface area contributed by atoms with Crippen LogP contribution in [0, 0.1) is 0 Å². The van der Waals surface area contributed by atoms with E-state index < -0.39 is 0 Å². The molecule has 1 aliphatic rings. The number of amides is 1. The largest absolute Gasteiger partial charge is 0.468 e. The van der Waals surface area contributed by atoms with E-state index in [-0.39, 0.29) is 5.91 Å². The Labute approximate surface area is 97.6 Å². The summed E-state index contributed by atoms with van der Waals surface area (Å²) >= 11 is 3.50. The number of hydrogen-bond donors (Lipinski definition) is 0. The Morgan fingerprint density at radius 2 is 2.53 bits per heavy atom. The lowest BCUT2D eigenvalue weighted by Gasteiger charge is -2.13. The normalized spacial score (nSPS) is 16.3. The number of hydrogen-bond acceptors (Lipinski definition) is 4. The number of carbonyl (C=O) groups is 1. The molecule has 5 heteroatoms. The van der Waals surface area contributed by atoms with Crippen LogP contribution in [-0.2, 0) is 10.5 Å². The Balaban J connectivity index is 1.61. The molecule has 0 N–H and O–H groups in total.